The molecule has 0 aromatic heterocycles. The predicted octanol–water partition coefficient (Wildman–Crippen LogP) is 2.82. The van der Waals surface area contributed by atoms with Gasteiger partial charge in [0.05, 0.1) is 10.5 Å². The van der Waals surface area contributed by atoms with Gasteiger partial charge in [-0.15, -0.1) is 0 Å². The summed E-state index contributed by atoms with van der Waals surface area (Å²) in [7, 11) is -3.12. The van der Waals surface area contributed by atoms with Gasteiger partial charge in [-0.1, -0.05) is 49.6 Å². The van der Waals surface area contributed by atoms with E-state index in [0.717, 1.165) is 31.2 Å². The summed E-state index contributed by atoms with van der Waals surface area (Å²) in [6.45, 7) is 0.408. The van der Waals surface area contributed by atoms with Gasteiger partial charge in [-0.2, -0.15) is 0 Å². The van der Waals surface area contributed by atoms with Crippen LogP contribution in [0.2, 0.25) is 0 Å². The van der Waals surface area contributed by atoms with E-state index in [4.69, 9.17) is 5.73 Å². The molecule has 0 spiro atoms. The molecule has 2 rings (SSSR count). The molecule has 1 aromatic rings. The average molecular weight is 281 g/mol. The second-order valence-corrected chi connectivity index (χ2v) is 7.74. The molecule has 0 amide bonds. The minimum atomic E-state index is -3.12. The normalized spacial score (nSPS) is 19.2. The molecule has 0 saturated heterocycles. The summed E-state index contributed by atoms with van der Waals surface area (Å²) in [5.41, 5.74) is 6.52. The molecule has 0 radical (unpaired) electrons. The van der Waals surface area contributed by atoms with Crippen LogP contribution in [0.1, 0.15) is 49.3 Å². The van der Waals surface area contributed by atoms with E-state index in [2.05, 4.69) is 0 Å². The largest absolute Gasteiger partial charge is 0.330 e. The number of hydrogen-bond acceptors (Lipinski definition) is 3. The van der Waals surface area contributed by atoms with Crippen molar-refractivity contribution in [1.82, 2.24) is 0 Å². The standard InChI is InChI=1S/C15H23NO2S/c16-12-11-15(13-7-3-1-4-8-13)19(17,18)14-9-5-2-6-10-14/h1,3-4,7-8,14-15H,2,5-6,9-12,16H2. The second-order valence-electron chi connectivity index (χ2n) is 5.33. The number of sulfone groups is 1. The lowest BCUT2D eigenvalue weighted by Gasteiger charge is -2.27. The first-order valence-electron chi connectivity index (χ1n) is 7.14. The Hall–Kier alpha value is -0.870. The SMILES string of the molecule is NCCC(c1ccccc1)S(=O)(=O)C1CCCCC1. The van der Waals surface area contributed by atoms with Crippen molar-refractivity contribution >= 4 is 9.84 Å². The maximum Gasteiger partial charge on any atom is 0.160 e. The van der Waals surface area contributed by atoms with Gasteiger partial charge >= 0.3 is 0 Å². The van der Waals surface area contributed by atoms with E-state index in [1.165, 1.54) is 6.42 Å². The molecule has 1 unspecified atom stereocenters. The zero-order valence-electron chi connectivity index (χ0n) is 11.3. The molecule has 0 aliphatic heterocycles. The molecule has 1 aliphatic rings. The number of hydrogen-bond donors (Lipinski definition) is 1. The Labute approximate surface area is 116 Å². The third-order valence-electron chi connectivity index (χ3n) is 4.01. The molecular weight excluding hydrogens is 258 g/mol. The molecule has 3 nitrogen and oxygen atoms in total. The van der Waals surface area contributed by atoms with E-state index < -0.39 is 15.1 Å². The van der Waals surface area contributed by atoms with Crippen molar-refractivity contribution in [3.63, 3.8) is 0 Å². The lowest BCUT2D eigenvalue weighted by molar-refractivity contribution is 0.476. The van der Waals surface area contributed by atoms with Crippen LogP contribution in [0.5, 0.6) is 0 Å². The average Bonchev–Trinajstić information content (AvgIpc) is 2.46. The van der Waals surface area contributed by atoms with Gasteiger partial charge < -0.3 is 5.73 Å². The molecule has 19 heavy (non-hydrogen) atoms. The van der Waals surface area contributed by atoms with Crippen molar-refractivity contribution in [1.29, 1.82) is 0 Å². The summed E-state index contributed by atoms with van der Waals surface area (Å²) in [4.78, 5) is 0. The maximum atomic E-state index is 12.8. The van der Waals surface area contributed by atoms with Crippen LogP contribution in [0, 0.1) is 0 Å². The van der Waals surface area contributed by atoms with Crippen molar-refractivity contribution in [2.75, 3.05) is 6.54 Å². The number of rotatable bonds is 5. The zero-order chi connectivity index (χ0) is 13.7. The Morgan fingerprint density at radius 2 is 1.74 bits per heavy atom. The maximum absolute atomic E-state index is 12.8. The van der Waals surface area contributed by atoms with Crippen LogP contribution < -0.4 is 5.73 Å². The summed E-state index contributed by atoms with van der Waals surface area (Å²) in [6, 6.07) is 9.52. The van der Waals surface area contributed by atoms with E-state index in [0.29, 0.717) is 13.0 Å². The van der Waals surface area contributed by atoms with Crippen LogP contribution in [0.15, 0.2) is 30.3 Å². The first kappa shape index (κ1) is 14.5. The molecule has 0 heterocycles. The quantitative estimate of drug-likeness (QED) is 0.902. The molecule has 1 atom stereocenters. The van der Waals surface area contributed by atoms with Crippen LogP contribution in [0.4, 0.5) is 0 Å². The van der Waals surface area contributed by atoms with Gasteiger partial charge in [-0.25, -0.2) is 8.42 Å². The van der Waals surface area contributed by atoms with Crippen molar-refractivity contribution in [2.45, 2.75) is 49.0 Å². The minimum Gasteiger partial charge on any atom is -0.330 e. The van der Waals surface area contributed by atoms with Crippen LogP contribution >= 0.6 is 0 Å². The Kier molecular flexibility index (Phi) is 4.99. The van der Waals surface area contributed by atoms with Gasteiger partial charge in [0.2, 0.25) is 0 Å². The first-order chi connectivity index (χ1) is 9.16. The van der Waals surface area contributed by atoms with E-state index in [9.17, 15) is 8.42 Å². The van der Waals surface area contributed by atoms with E-state index in [1.807, 2.05) is 30.3 Å². The monoisotopic (exact) mass is 281 g/mol. The summed E-state index contributed by atoms with van der Waals surface area (Å²) in [5.74, 6) is 0. The van der Waals surface area contributed by atoms with E-state index in [-0.39, 0.29) is 5.25 Å². The van der Waals surface area contributed by atoms with Crippen LogP contribution in [0.3, 0.4) is 0 Å². The summed E-state index contributed by atoms with van der Waals surface area (Å²) < 4.78 is 25.6. The molecule has 4 heteroatoms. The topological polar surface area (TPSA) is 60.2 Å². The van der Waals surface area contributed by atoms with Crippen LogP contribution in [-0.4, -0.2) is 20.2 Å². The summed E-state index contributed by atoms with van der Waals surface area (Å²) >= 11 is 0. The van der Waals surface area contributed by atoms with Gasteiger partial charge in [-0.05, 0) is 31.4 Å². The van der Waals surface area contributed by atoms with Gasteiger partial charge in [0.25, 0.3) is 0 Å². The number of benzene rings is 1. The Balaban J connectivity index is 2.27. The van der Waals surface area contributed by atoms with Gasteiger partial charge in [0, 0.05) is 0 Å². The molecule has 1 aromatic carbocycles. The second kappa shape index (κ2) is 6.53. The molecule has 2 N–H and O–H groups in total. The summed E-state index contributed by atoms with van der Waals surface area (Å²) in [6.07, 6.45) is 5.39. The fraction of sp³-hybridized carbons (Fsp3) is 0.600. The molecule has 1 fully saturated rings. The lowest BCUT2D eigenvalue weighted by atomic mass is 10.0. The predicted molar refractivity (Wildman–Crippen MR) is 78.6 cm³/mol. The minimum absolute atomic E-state index is 0.169. The molecule has 0 bridgehead atoms. The van der Waals surface area contributed by atoms with E-state index >= 15 is 0 Å². The first-order valence-corrected chi connectivity index (χ1v) is 8.75. The van der Waals surface area contributed by atoms with Crippen molar-refractivity contribution < 1.29 is 8.42 Å². The van der Waals surface area contributed by atoms with Crippen molar-refractivity contribution in [3.8, 4) is 0 Å². The number of nitrogens with two attached hydrogens (primary N) is 1. The molecule has 1 saturated carbocycles. The van der Waals surface area contributed by atoms with E-state index in [1.54, 1.807) is 0 Å². The fourth-order valence-electron chi connectivity index (χ4n) is 2.97. The van der Waals surface area contributed by atoms with Crippen LogP contribution in [0.25, 0.3) is 0 Å². The highest BCUT2D eigenvalue weighted by atomic mass is 32.2. The van der Waals surface area contributed by atoms with Crippen molar-refractivity contribution in [2.24, 2.45) is 5.73 Å². The molecule has 106 valence electrons. The third-order valence-corrected chi connectivity index (χ3v) is 6.72. The highest BCUT2D eigenvalue weighted by Gasteiger charge is 2.35. The zero-order valence-corrected chi connectivity index (χ0v) is 12.1. The Bertz CT molecular complexity index is 478. The third kappa shape index (κ3) is 3.37. The van der Waals surface area contributed by atoms with Crippen molar-refractivity contribution in [3.05, 3.63) is 35.9 Å². The smallest absolute Gasteiger partial charge is 0.160 e. The summed E-state index contributed by atoms with van der Waals surface area (Å²) in [5, 5.41) is -0.597. The van der Waals surface area contributed by atoms with Gasteiger partial charge in [-0.3, -0.25) is 0 Å². The Morgan fingerprint density at radius 1 is 1.11 bits per heavy atom. The van der Waals surface area contributed by atoms with Gasteiger partial charge in [0.15, 0.2) is 9.84 Å². The van der Waals surface area contributed by atoms with Crippen LogP contribution in [-0.2, 0) is 9.84 Å². The highest BCUT2D eigenvalue weighted by Crippen LogP contribution is 2.34. The molecule has 1 aliphatic carbocycles. The highest BCUT2D eigenvalue weighted by molar-refractivity contribution is 7.92. The lowest BCUT2D eigenvalue weighted by Crippen LogP contribution is -2.30. The van der Waals surface area contributed by atoms with Gasteiger partial charge in [0.1, 0.15) is 0 Å². The Morgan fingerprint density at radius 3 is 2.32 bits per heavy atom. The molecular formula is C15H23NO2S. The fourth-order valence-corrected chi connectivity index (χ4v) is 5.42.